The van der Waals surface area contributed by atoms with E-state index in [1.165, 1.54) is 0 Å². The number of carbonyl (C=O) groups excluding carboxylic acids is 2. The molecule has 0 aromatic heterocycles. The molecular weight excluding hydrogens is 196 g/mol. The molecule has 0 N–H and O–H groups in total. The Balaban J connectivity index is 4.31. The van der Waals surface area contributed by atoms with Crippen molar-refractivity contribution in [2.75, 3.05) is 0 Å². The van der Waals surface area contributed by atoms with Gasteiger partial charge >= 0.3 is 0 Å². The van der Waals surface area contributed by atoms with Crippen LogP contribution in [0, 0.1) is 0 Å². The van der Waals surface area contributed by atoms with Crippen LogP contribution in [0.3, 0.4) is 0 Å². The Morgan fingerprint density at radius 3 is 2.20 bits per heavy atom. The van der Waals surface area contributed by atoms with Crippen molar-refractivity contribution in [1.29, 1.82) is 0 Å². The standard InChI is InChI=1S/C7H11BrO2/c1-3-6(10)7(8,4-2)5-9/h5H,3-4H2,1-2H3. The van der Waals surface area contributed by atoms with Gasteiger partial charge in [-0.3, -0.25) is 4.79 Å². The molecule has 58 valence electrons. The SMILES string of the molecule is CCC(=O)C(Br)(C=O)CC. The normalized spacial score (nSPS) is 15.9. The summed E-state index contributed by atoms with van der Waals surface area (Å²) >= 11 is 3.09. The van der Waals surface area contributed by atoms with E-state index in [-0.39, 0.29) is 5.78 Å². The largest absolute Gasteiger partial charge is 0.301 e. The molecule has 0 rings (SSSR count). The minimum absolute atomic E-state index is 0.0509. The summed E-state index contributed by atoms with van der Waals surface area (Å²) in [7, 11) is 0. The van der Waals surface area contributed by atoms with E-state index in [4.69, 9.17) is 0 Å². The van der Waals surface area contributed by atoms with E-state index >= 15 is 0 Å². The van der Waals surface area contributed by atoms with Gasteiger partial charge in [0, 0.05) is 6.42 Å². The molecule has 0 saturated heterocycles. The van der Waals surface area contributed by atoms with Crippen LogP contribution in [-0.2, 0) is 9.59 Å². The van der Waals surface area contributed by atoms with Gasteiger partial charge in [-0.25, -0.2) is 0 Å². The highest BCUT2D eigenvalue weighted by Gasteiger charge is 2.30. The van der Waals surface area contributed by atoms with Gasteiger partial charge in [0.1, 0.15) is 10.6 Å². The Bertz CT molecular complexity index is 145. The van der Waals surface area contributed by atoms with Crippen molar-refractivity contribution in [3.05, 3.63) is 0 Å². The lowest BCUT2D eigenvalue weighted by atomic mass is 10.0. The highest BCUT2D eigenvalue weighted by atomic mass is 79.9. The third-order valence-electron chi connectivity index (χ3n) is 1.49. The molecule has 1 unspecified atom stereocenters. The van der Waals surface area contributed by atoms with Crippen molar-refractivity contribution in [3.8, 4) is 0 Å². The molecule has 1 atom stereocenters. The van der Waals surface area contributed by atoms with Crippen LogP contribution in [0.4, 0.5) is 0 Å². The van der Waals surface area contributed by atoms with Gasteiger partial charge < -0.3 is 4.79 Å². The second kappa shape index (κ2) is 3.86. The van der Waals surface area contributed by atoms with Crippen LogP contribution in [0.25, 0.3) is 0 Å². The third kappa shape index (κ3) is 1.90. The lowest BCUT2D eigenvalue weighted by molar-refractivity contribution is -0.125. The molecule has 0 aromatic rings. The van der Waals surface area contributed by atoms with Crippen LogP contribution >= 0.6 is 15.9 Å². The van der Waals surface area contributed by atoms with E-state index in [2.05, 4.69) is 15.9 Å². The Hall–Kier alpha value is -0.180. The topological polar surface area (TPSA) is 34.1 Å². The van der Waals surface area contributed by atoms with Crippen LogP contribution in [-0.4, -0.2) is 16.4 Å². The first-order valence-electron chi connectivity index (χ1n) is 3.29. The monoisotopic (exact) mass is 206 g/mol. The van der Waals surface area contributed by atoms with E-state index in [1.807, 2.05) is 0 Å². The fourth-order valence-electron chi connectivity index (χ4n) is 0.640. The first-order valence-corrected chi connectivity index (χ1v) is 4.08. The summed E-state index contributed by atoms with van der Waals surface area (Å²) in [5.41, 5.74) is 0. The van der Waals surface area contributed by atoms with Gasteiger partial charge in [0.25, 0.3) is 0 Å². The van der Waals surface area contributed by atoms with Gasteiger partial charge in [-0.05, 0) is 6.42 Å². The number of Topliss-reactive ketones (excluding diaryl/α,β-unsaturated/α-hetero) is 1. The number of halogens is 1. The minimum Gasteiger partial charge on any atom is -0.301 e. The van der Waals surface area contributed by atoms with Gasteiger partial charge in [-0.1, -0.05) is 29.8 Å². The van der Waals surface area contributed by atoms with Gasteiger partial charge in [-0.2, -0.15) is 0 Å². The Labute approximate surface area is 69.1 Å². The Kier molecular flexibility index (Phi) is 3.79. The van der Waals surface area contributed by atoms with Crippen LogP contribution in [0.2, 0.25) is 0 Å². The number of hydrogen-bond acceptors (Lipinski definition) is 2. The average molecular weight is 207 g/mol. The third-order valence-corrected chi connectivity index (χ3v) is 2.68. The number of rotatable bonds is 4. The zero-order valence-corrected chi connectivity index (χ0v) is 7.77. The molecule has 0 aliphatic carbocycles. The van der Waals surface area contributed by atoms with Crippen molar-refractivity contribution in [3.63, 3.8) is 0 Å². The number of ketones is 1. The van der Waals surface area contributed by atoms with E-state index < -0.39 is 4.32 Å². The molecule has 0 spiro atoms. The molecule has 0 saturated carbocycles. The fraction of sp³-hybridized carbons (Fsp3) is 0.714. The van der Waals surface area contributed by atoms with E-state index in [9.17, 15) is 9.59 Å². The lowest BCUT2D eigenvalue weighted by Crippen LogP contribution is -2.32. The predicted molar refractivity (Wildman–Crippen MR) is 43.3 cm³/mol. The fourth-order valence-corrected chi connectivity index (χ4v) is 0.920. The second-order valence-corrected chi connectivity index (χ2v) is 3.53. The number of aldehydes is 1. The molecule has 0 radical (unpaired) electrons. The summed E-state index contributed by atoms with van der Waals surface area (Å²) in [4.78, 5) is 21.4. The maximum atomic E-state index is 11.0. The number of carbonyl (C=O) groups is 2. The molecule has 0 aromatic carbocycles. The van der Waals surface area contributed by atoms with Crippen LogP contribution in [0.15, 0.2) is 0 Å². The van der Waals surface area contributed by atoms with Gasteiger partial charge in [0.05, 0.1) is 0 Å². The van der Waals surface area contributed by atoms with Gasteiger partial charge in [0.15, 0.2) is 5.78 Å². The molecule has 0 amide bonds. The molecule has 10 heavy (non-hydrogen) atoms. The summed E-state index contributed by atoms with van der Waals surface area (Å²) < 4.78 is -0.915. The van der Waals surface area contributed by atoms with Gasteiger partial charge in [-0.15, -0.1) is 0 Å². The zero-order chi connectivity index (χ0) is 8.20. The molecular formula is C7H11BrO2. The average Bonchev–Trinajstić information content (AvgIpc) is 2.01. The summed E-state index contributed by atoms with van der Waals surface area (Å²) in [6.07, 6.45) is 1.58. The maximum absolute atomic E-state index is 11.0. The molecule has 0 bridgehead atoms. The van der Waals surface area contributed by atoms with Crippen LogP contribution < -0.4 is 0 Å². The lowest BCUT2D eigenvalue weighted by Gasteiger charge is -2.14. The summed E-state index contributed by atoms with van der Waals surface area (Å²) in [6.45, 7) is 3.55. The van der Waals surface area contributed by atoms with Crippen molar-refractivity contribution >= 4 is 28.0 Å². The van der Waals surface area contributed by atoms with E-state index in [0.717, 1.165) is 0 Å². The maximum Gasteiger partial charge on any atom is 0.156 e. The minimum atomic E-state index is -0.915. The summed E-state index contributed by atoms with van der Waals surface area (Å²) in [5.74, 6) is -0.0509. The second-order valence-electron chi connectivity index (χ2n) is 2.11. The number of hydrogen-bond donors (Lipinski definition) is 0. The van der Waals surface area contributed by atoms with Crippen molar-refractivity contribution < 1.29 is 9.59 Å². The van der Waals surface area contributed by atoms with E-state index in [0.29, 0.717) is 19.1 Å². The van der Waals surface area contributed by atoms with Crippen LogP contribution in [0.5, 0.6) is 0 Å². The van der Waals surface area contributed by atoms with E-state index in [1.54, 1.807) is 13.8 Å². The molecule has 0 fully saturated rings. The number of alkyl halides is 1. The van der Waals surface area contributed by atoms with Gasteiger partial charge in [0.2, 0.25) is 0 Å². The summed E-state index contributed by atoms with van der Waals surface area (Å²) in [6, 6.07) is 0. The smallest absolute Gasteiger partial charge is 0.156 e. The van der Waals surface area contributed by atoms with Crippen molar-refractivity contribution in [2.45, 2.75) is 31.0 Å². The first-order chi connectivity index (χ1) is 4.60. The molecule has 0 aliphatic rings. The Morgan fingerprint density at radius 1 is 1.60 bits per heavy atom. The molecule has 3 heteroatoms. The molecule has 0 heterocycles. The summed E-state index contributed by atoms with van der Waals surface area (Å²) in [5, 5.41) is 0. The van der Waals surface area contributed by atoms with Crippen LogP contribution in [0.1, 0.15) is 26.7 Å². The first kappa shape index (κ1) is 9.82. The molecule has 2 nitrogen and oxygen atoms in total. The predicted octanol–water partition coefficient (Wildman–Crippen LogP) is 1.71. The van der Waals surface area contributed by atoms with Crippen molar-refractivity contribution in [1.82, 2.24) is 0 Å². The Morgan fingerprint density at radius 2 is 2.10 bits per heavy atom. The highest BCUT2D eigenvalue weighted by Crippen LogP contribution is 2.21. The quantitative estimate of drug-likeness (QED) is 0.399. The van der Waals surface area contributed by atoms with Crippen molar-refractivity contribution in [2.24, 2.45) is 0 Å². The highest BCUT2D eigenvalue weighted by molar-refractivity contribution is 9.10. The molecule has 0 aliphatic heterocycles. The zero-order valence-electron chi connectivity index (χ0n) is 6.19.